The van der Waals surface area contributed by atoms with Crippen LogP contribution in [-0.4, -0.2) is 36.4 Å². The Morgan fingerprint density at radius 2 is 1.80 bits per heavy atom. The Morgan fingerprint density at radius 1 is 1.10 bits per heavy atom. The second-order valence-electron chi connectivity index (χ2n) is 6.87. The highest BCUT2D eigenvalue weighted by atomic mass is 19.4. The van der Waals surface area contributed by atoms with Gasteiger partial charge in [0, 0.05) is 6.54 Å². The number of halogens is 3. The topological polar surface area (TPSA) is 58.6 Å². The van der Waals surface area contributed by atoms with Crippen molar-refractivity contribution in [2.45, 2.75) is 33.4 Å². The highest BCUT2D eigenvalue weighted by Crippen LogP contribution is 2.34. The van der Waals surface area contributed by atoms with Gasteiger partial charge in [-0.15, -0.1) is 0 Å². The molecular weight excluding hydrogens is 397 g/mol. The van der Waals surface area contributed by atoms with Crippen LogP contribution in [0, 0.1) is 13.8 Å². The van der Waals surface area contributed by atoms with E-state index < -0.39 is 17.6 Å². The maximum absolute atomic E-state index is 13.1. The van der Waals surface area contributed by atoms with E-state index >= 15 is 0 Å². The van der Waals surface area contributed by atoms with Crippen LogP contribution in [0.25, 0.3) is 0 Å². The first-order valence-corrected chi connectivity index (χ1v) is 9.55. The smallest absolute Gasteiger partial charge is 0.418 e. The fourth-order valence-electron chi connectivity index (χ4n) is 2.95. The second kappa shape index (κ2) is 10.1. The summed E-state index contributed by atoms with van der Waals surface area (Å²) >= 11 is 0. The summed E-state index contributed by atoms with van der Waals surface area (Å²) in [5.41, 5.74) is 0.787. The van der Waals surface area contributed by atoms with Crippen LogP contribution >= 0.6 is 0 Å². The third kappa shape index (κ3) is 6.50. The number of aryl methyl sites for hydroxylation is 2. The number of ether oxygens (including phenoxy) is 1. The van der Waals surface area contributed by atoms with Crippen LogP contribution in [0.1, 0.15) is 30.0 Å². The standard InChI is InChI=1S/C22H25F3N2O3/c1-4-27(21(29)11-12-30-19-10-9-15(2)13-16(19)3)14-20(28)26-18-8-6-5-7-17(18)22(23,24)25/h5-10,13H,4,11-12,14H2,1-3H3,(H,26,28). The summed E-state index contributed by atoms with van der Waals surface area (Å²) in [5.74, 6) is -0.336. The molecule has 2 rings (SSSR count). The Morgan fingerprint density at radius 3 is 2.43 bits per heavy atom. The average Bonchev–Trinajstić information content (AvgIpc) is 2.67. The molecule has 2 amide bonds. The van der Waals surface area contributed by atoms with E-state index in [0.717, 1.165) is 17.2 Å². The SMILES string of the molecule is CCN(CC(=O)Nc1ccccc1C(F)(F)F)C(=O)CCOc1ccc(C)cc1C. The van der Waals surface area contributed by atoms with Gasteiger partial charge in [0.1, 0.15) is 5.75 Å². The van der Waals surface area contributed by atoms with Crippen LogP contribution in [-0.2, 0) is 15.8 Å². The van der Waals surface area contributed by atoms with Gasteiger partial charge in [0.25, 0.3) is 0 Å². The first kappa shape index (κ1) is 23.3. The molecule has 0 aromatic heterocycles. The van der Waals surface area contributed by atoms with E-state index in [4.69, 9.17) is 4.74 Å². The van der Waals surface area contributed by atoms with Gasteiger partial charge in [0.2, 0.25) is 11.8 Å². The van der Waals surface area contributed by atoms with Crippen LogP contribution in [0.15, 0.2) is 42.5 Å². The molecule has 2 aromatic carbocycles. The lowest BCUT2D eigenvalue weighted by molar-refractivity contribution is -0.137. The number of para-hydroxylation sites is 1. The van der Waals surface area contributed by atoms with Gasteiger partial charge in [-0.2, -0.15) is 13.2 Å². The Balaban J connectivity index is 1.91. The van der Waals surface area contributed by atoms with Crippen molar-refractivity contribution in [1.29, 1.82) is 0 Å². The number of benzene rings is 2. The van der Waals surface area contributed by atoms with Crippen LogP contribution in [0.4, 0.5) is 18.9 Å². The summed E-state index contributed by atoms with van der Waals surface area (Å²) in [5, 5.41) is 2.25. The molecular formula is C22H25F3N2O3. The zero-order chi connectivity index (χ0) is 22.3. The van der Waals surface area contributed by atoms with Crippen molar-refractivity contribution in [3.63, 3.8) is 0 Å². The summed E-state index contributed by atoms with van der Waals surface area (Å²) in [6, 6.07) is 10.4. The van der Waals surface area contributed by atoms with Crippen LogP contribution < -0.4 is 10.1 Å². The van der Waals surface area contributed by atoms with Crippen LogP contribution in [0.5, 0.6) is 5.75 Å². The Bertz CT molecular complexity index is 897. The lowest BCUT2D eigenvalue weighted by atomic mass is 10.1. The molecule has 0 atom stereocenters. The van der Waals surface area contributed by atoms with Crippen LogP contribution in [0.2, 0.25) is 0 Å². The first-order valence-electron chi connectivity index (χ1n) is 9.55. The minimum atomic E-state index is -4.59. The highest BCUT2D eigenvalue weighted by molar-refractivity contribution is 5.95. The molecule has 2 aromatic rings. The van der Waals surface area contributed by atoms with Gasteiger partial charge in [-0.3, -0.25) is 9.59 Å². The molecule has 0 aliphatic carbocycles. The number of hydrogen-bond donors (Lipinski definition) is 1. The number of carbonyl (C=O) groups excluding carboxylic acids is 2. The third-order valence-electron chi connectivity index (χ3n) is 4.48. The number of anilines is 1. The lowest BCUT2D eigenvalue weighted by Crippen LogP contribution is -2.38. The maximum Gasteiger partial charge on any atom is 0.418 e. The fraction of sp³-hybridized carbons (Fsp3) is 0.364. The predicted octanol–water partition coefficient (Wildman–Crippen LogP) is 4.58. The van der Waals surface area contributed by atoms with E-state index in [2.05, 4.69) is 5.32 Å². The molecule has 0 saturated carbocycles. The second-order valence-corrected chi connectivity index (χ2v) is 6.87. The van der Waals surface area contributed by atoms with Crippen molar-refractivity contribution in [1.82, 2.24) is 4.90 Å². The van der Waals surface area contributed by atoms with Crippen molar-refractivity contribution in [2.75, 3.05) is 25.0 Å². The normalized spacial score (nSPS) is 11.1. The molecule has 0 spiro atoms. The van der Waals surface area contributed by atoms with E-state index in [9.17, 15) is 22.8 Å². The average molecular weight is 422 g/mol. The maximum atomic E-state index is 13.1. The number of nitrogens with zero attached hydrogens (tertiary/aromatic N) is 1. The molecule has 0 aliphatic heterocycles. The van der Waals surface area contributed by atoms with Gasteiger partial charge < -0.3 is 15.0 Å². The Labute approximate surface area is 173 Å². The van der Waals surface area contributed by atoms with Crippen LogP contribution in [0.3, 0.4) is 0 Å². The molecule has 0 fully saturated rings. The number of alkyl halides is 3. The minimum Gasteiger partial charge on any atom is -0.493 e. The summed E-state index contributed by atoms with van der Waals surface area (Å²) in [7, 11) is 0. The summed E-state index contributed by atoms with van der Waals surface area (Å²) in [4.78, 5) is 25.9. The van der Waals surface area contributed by atoms with Crippen molar-refractivity contribution in [2.24, 2.45) is 0 Å². The summed E-state index contributed by atoms with van der Waals surface area (Å²) in [6.07, 6.45) is -4.54. The van der Waals surface area contributed by atoms with Crippen molar-refractivity contribution >= 4 is 17.5 Å². The molecule has 8 heteroatoms. The molecule has 0 saturated heterocycles. The van der Waals surface area contributed by atoms with E-state index in [1.54, 1.807) is 6.92 Å². The highest BCUT2D eigenvalue weighted by Gasteiger charge is 2.33. The van der Waals surface area contributed by atoms with Gasteiger partial charge in [-0.25, -0.2) is 0 Å². The molecule has 0 radical (unpaired) electrons. The van der Waals surface area contributed by atoms with E-state index in [0.29, 0.717) is 5.75 Å². The quantitative estimate of drug-likeness (QED) is 0.678. The molecule has 0 aliphatic rings. The molecule has 1 N–H and O–H groups in total. The number of amides is 2. The number of hydrogen-bond acceptors (Lipinski definition) is 3. The van der Waals surface area contributed by atoms with Gasteiger partial charge in [0.05, 0.1) is 30.8 Å². The summed E-state index contributed by atoms with van der Waals surface area (Å²) in [6.45, 7) is 5.61. The van der Waals surface area contributed by atoms with E-state index in [1.807, 2.05) is 32.0 Å². The van der Waals surface area contributed by atoms with Crippen molar-refractivity contribution < 1.29 is 27.5 Å². The molecule has 0 heterocycles. The zero-order valence-electron chi connectivity index (χ0n) is 17.2. The van der Waals surface area contributed by atoms with Gasteiger partial charge in [-0.1, -0.05) is 29.8 Å². The largest absolute Gasteiger partial charge is 0.493 e. The summed E-state index contributed by atoms with van der Waals surface area (Å²) < 4.78 is 44.8. The van der Waals surface area contributed by atoms with E-state index in [1.165, 1.54) is 23.1 Å². The number of rotatable bonds is 8. The molecule has 0 unspecified atom stereocenters. The monoisotopic (exact) mass is 422 g/mol. The van der Waals surface area contributed by atoms with E-state index in [-0.39, 0.29) is 37.7 Å². The lowest BCUT2D eigenvalue weighted by Gasteiger charge is -2.21. The first-order chi connectivity index (χ1) is 14.1. The molecule has 0 bridgehead atoms. The minimum absolute atomic E-state index is 0.0492. The predicted molar refractivity (Wildman–Crippen MR) is 108 cm³/mol. The number of carbonyl (C=O) groups is 2. The Hall–Kier alpha value is -3.03. The third-order valence-corrected chi connectivity index (χ3v) is 4.48. The van der Waals surface area contributed by atoms with Gasteiger partial charge >= 0.3 is 6.18 Å². The zero-order valence-corrected chi connectivity index (χ0v) is 17.2. The van der Waals surface area contributed by atoms with Gasteiger partial charge in [-0.05, 0) is 44.5 Å². The molecule has 5 nitrogen and oxygen atoms in total. The van der Waals surface area contributed by atoms with Crippen molar-refractivity contribution in [3.8, 4) is 5.75 Å². The molecule has 30 heavy (non-hydrogen) atoms. The number of nitrogens with one attached hydrogen (secondary N) is 1. The van der Waals surface area contributed by atoms with Gasteiger partial charge in [0.15, 0.2) is 0 Å². The fourth-order valence-corrected chi connectivity index (χ4v) is 2.95. The van der Waals surface area contributed by atoms with Crippen molar-refractivity contribution in [3.05, 3.63) is 59.2 Å². The molecule has 162 valence electrons. The Kier molecular flexibility index (Phi) is 7.86. The number of likely N-dealkylation sites (N-methyl/N-ethyl adjacent to an activating group) is 1.